The van der Waals surface area contributed by atoms with Gasteiger partial charge in [0.1, 0.15) is 0 Å². The van der Waals surface area contributed by atoms with Crippen LogP contribution >= 0.6 is 0 Å². The number of hydrogen-bond donors (Lipinski definition) is 1. The summed E-state index contributed by atoms with van der Waals surface area (Å²) in [4.78, 5) is 2.68. The Morgan fingerprint density at radius 3 is 2.57 bits per heavy atom. The summed E-state index contributed by atoms with van der Waals surface area (Å²) in [6, 6.07) is 1.73. The average molecular weight is 194 g/mol. The Kier molecular flexibility index (Phi) is 3.24. The van der Waals surface area contributed by atoms with Gasteiger partial charge in [-0.1, -0.05) is 6.08 Å². The van der Waals surface area contributed by atoms with E-state index in [2.05, 4.69) is 29.9 Å². The van der Waals surface area contributed by atoms with Gasteiger partial charge in [0.05, 0.1) is 0 Å². The highest BCUT2D eigenvalue weighted by Crippen LogP contribution is 2.38. The minimum absolute atomic E-state index is 0.841. The van der Waals surface area contributed by atoms with Gasteiger partial charge in [-0.15, -0.1) is 6.58 Å². The van der Waals surface area contributed by atoms with Crippen molar-refractivity contribution in [3.05, 3.63) is 12.7 Å². The second kappa shape index (κ2) is 4.45. The molecule has 2 fully saturated rings. The highest BCUT2D eigenvalue weighted by molar-refractivity contribution is 4.98. The quantitative estimate of drug-likeness (QED) is 0.647. The first kappa shape index (κ1) is 10.2. The lowest BCUT2D eigenvalue weighted by Gasteiger charge is -2.44. The molecule has 2 nitrogen and oxygen atoms in total. The third kappa shape index (κ3) is 2.01. The maximum Gasteiger partial charge on any atom is 0.0166 e. The molecule has 14 heavy (non-hydrogen) atoms. The average Bonchev–Trinajstić information content (AvgIpc) is 2.95. The summed E-state index contributed by atoms with van der Waals surface area (Å²) in [7, 11) is 2.06. The molecule has 0 aromatic heterocycles. The molecule has 0 saturated heterocycles. The van der Waals surface area contributed by atoms with Crippen LogP contribution in [-0.4, -0.2) is 37.1 Å². The molecule has 2 aliphatic carbocycles. The summed E-state index contributed by atoms with van der Waals surface area (Å²) in [5, 5.41) is 3.30. The van der Waals surface area contributed by atoms with Crippen LogP contribution in [0.15, 0.2) is 12.7 Å². The van der Waals surface area contributed by atoms with Gasteiger partial charge in [-0.25, -0.2) is 0 Å². The van der Waals surface area contributed by atoms with Crippen molar-refractivity contribution in [1.29, 1.82) is 0 Å². The summed E-state index contributed by atoms with van der Waals surface area (Å²) in [5.74, 6) is 0.889. The summed E-state index contributed by atoms with van der Waals surface area (Å²) < 4.78 is 0. The Balaban J connectivity index is 1.86. The highest BCUT2D eigenvalue weighted by Gasteiger charge is 2.40. The van der Waals surface area contributed by atoms with E-state index in [1.54, 1.807) is 0 Å². The fourth-order valence-corrected chi connectivity index (χ4v) is 2.60. The maximum atomic E-state index is 3.87. The van der Waals surface area contributed by atoms with Crippen LogP contribution in [0.2, 0.25) is 0 Å². The fraction of sp³-hybridized carbons (Fsp3) is 0.833. The molecule has 0 aromatic rings. The van der Waals surface area contributed by atoms with Crippen LogP contribution < -0.4 is 5.32 Å². The second-order valence-electron chi connectivity index (χ2n) is 4.68. The van der Waals surface area contributed by atoms with Crippen LogP contribution in [-0.2, 0) is 0 Å². The van der Waals surface area contributed by atoms with E-state index in [4.69, 9.17) is 0 Å². The molecule has 2 aliphatic rings. The van der Waals surface area contributed by atoms with E-state index < -0.39 is 0 Å². The zero-order valence-electron chi connectivity index (χ0n) is 9.21. The molecular formula is C12H22N2. The molecular weight excluding hydrogens is 172 g/mol. The third-order valence-corrected chi connectivity index (χ3v) is 3.63. The Morgan fingerprint density at radius 1 is 1.36 bits per heavy atom. The largest absolute Gasteiger partial charge is 0.319 e. The predicted octanol–water partition coefficient (Wildman–Crippen LogP) is 1.63. The van der Waals surface area contributed by atoms with E-state index in [1.165, 1.54) is 32.2 Å². The lowest BCUT2D eigenvalue weighted by molar-refractivity contribution is 0.0660. The smallest absolute Gasteiger partial charge is 0.0166 e. The van der Waals surface area contributed by atoms with Crippen molar-refractivity contribution >= 4 is 0 Å². The lowest BCUT2D eigenvalue weighted by atomic mass is 9.78. The van der Waals surface area contributed by atoms with Crippen molar-refractivity contribution in [3.63, 3.8) is 0 Å². The number of nitrogens with one attached hydrogen (secondary N) is 1. The molecule has 0 aliphatic heterocycles. The van der Waals surface area contributed by atoms with Crippen LogP contribution in [0, 0.1) is 5.92 Å². The number of hydrogen-bond acceptors (Lipinski definition) is 2. The topological polar surface area (TPSA) is 15.3 Å². The van der Waals surface area contributed by atoms with Crippen molar-refractivity contribution in [2.75, 3.05) is 20.1 Å². The van der Waals surface area contributed by atoms with Gasteiger partial charge in [0.15, 0.2) is 0 Å². The molecule has 2 heteroatoms. The SMILES string of the molecule is C=CCN(C1CC1)C1CCC1CNC. The summed E-state index contributed by atoms with van der Waals surface area (Å²) in [5.41, 5.74) is 0. The van der Waals surface area contributed by atoms with Crippen LogP contribution in [0.25, 0.3) is 0 Å². The summed E-state index contributed by atoms with van der Waals surface area (Å²) >= 11 is 0. The van der Waals surface area contributed by atoms with Crippen molar-refractivity contribution < 1.29 is 0 Å². The minimum atomic E-state index is 0.841. The minimum Gasteiger partial charge on any atom is -0.319 e. The first-order valence-electron chi connectivity index (χ1n) is 5.88. The molecule has 1 N–H and O–H groups in total. The number of nitrogens with zero attached hydrogens (tertiary/aromatic N) is 1. The van der Waals surface area contributed by atoms with Gasteiger partial charge < -0.3 is 5.32 Å². The molecule has 0 bridgehead atoms. The van der Waals surface area contributed by atoms with Gasteiger partial charge in [0, 0.05) is 18.6 Å². The molecule has 0 radical (unpaired) electrons. The third-order valence-electron chi connectivity index (χ3n) is 3.63. The highest BCUT2D eigenvalue weighted by atomic mass is 15.2. The Hall–Kier alpha value is -0.340. The molecule has 2 atom stereocenters. The van der Waals surface area contributed by atoms with E-state index >= 15 is 0 Å². The fourth-order valence-electron chi connectivity index (χ4n) is 2.60. The Bertz CT molecular complexity index is 198. The van der Waals surface area contributed by atoms with Crippen molar-refractivity contribution in [3.8, 4) is 0 Å². The standard InChI is InChI=1S/C12H22N2/c1-3-8-14(11-5-6-11)12-7-4-10(12)9-13-2/h3,10-13H,1,4-9H2,2H3. The Morgan fingerprint density at radius 2 is 2.14 bits per heavy atom. The van der Waals surface area contributed by atoms with E-state index in [0.29, 0.717) is 0 Å². The lowest BCUT2D eigenvalue weighted by Crippen LogP contribution is -2.51. The summed E-state index contributed by atoms with van der Waals surface area (Å²) in [6.45, 7) is 6.14. The van der Waals surface area contributed by atoms with Crippen molar-refractivity contribution in [2.45, 2.75) is 37.8 Å². The molecule has 2 unspecified atom stereocenters. The molecule has 0 spiro atoms. The molecule has 0 amide bonds. The first-order valence-corrected chi connectivity index (χ1v) is 5.88. The van der Waals surface area contributed by atoms with Crippen LogP contribution in [0.4, 0.5) is 0 Å². The molecule has 0 heterocycles. The first-order chi connectivity index (χ1) is 6.86. The zero-order chi connectivity index (χ0) is 9.97. The van der Waals surface area contributed by atoms with Crippen LogP contribution in [0.1, 0.15) is 25.7 Å². The van der Waals surface area contributed by atoms with Gasteiger partial charge in [0.25, 0.3) is 0 Å². The van der Waals surface area contributed by atoms with E-state index in [0.717, 1.165) is 24.5 Å². The van der Waals surface area contributed by atoms with Crippen molar-refractivity contribution in [2.24, 2.45) is 5.92 Å². The van der Waals surface area contributed by atoms with Gasteiger partial charge >= 0.3 is 0 Å². The normalized spacial score (nSPS) is 31.6. The second-order valence-corrected chi connectivity index (χ2v) is 4.68. The molecule has 2 rings (SSSR count). The van der Waals surface area contributed by atoms with Crippen molar-refractivity contribution in [1.82, 2.24) is 10.2 Å². The van der Waals surface area contributed by atoms with Gasteiger partial charge in [-0.05, 0) is 45.2 Å². The number of rotatable bonds is 6. The van der Waals surface area contributed by atoms with Gasteiger partial charge in [0.2, 0.25) is 0 Å². The zero-order valence-corrected chi connectivity index (χ0v) is 9.21. The van der Waals surface area contributed by atoms with Gasteiger partial charge in [-0.2, -0.15) is 0 Å². The monoisotopic (exact) mass is 194 g/mol. The van der Waals surface area contributed by atoms with E-state index in [-0.39, 0.29) is 0 Å². The molecule has 0 aromatic carbocycles. The molecule has 80 valence electrons. The van der Waals surface area contributed by atoms with Gasteiger partial charge in [-0.3, -0.25) is 4.90 Å². The Labute approximate surface area is 87.4 Å². The maximum absolute atomic E-state index is 3.87. The predicted molar refractivity (Wildman–Crippen MR) is 60.4 cm³/mol. The van der Waals surface area contributed by atoms with E-state index in [1.807, 2.05) is 0 Å². The summed E-state index contributed by atoms with van der Waals surface area (Å²) in [6.07, 6.45) is 7.70. The van der Waals surface area contributed by atoms with Crippen LogP contribution in [0.5, 0.6) is 0 Å². The van der Waals surface area contributed by atoms with E-state index in [9.17, 15) is 0 Å². The van der Waals surface area contributed by atoms with Crippen LogP contribution in [0.3, 0.4) is 0 Å². The molecule has 2 saturated carbocycles.